The minimum absolute atomic E-state index is 0.00182. The number of nitrogens with two attached hydrogens (primary N) is 1. The molecule has 0 saturated heterocycles. The van der Waals surface area contributed by atoms with Crippen LogP contribution < -0.4 is 5.73 Å². The second-order valence-electron chi connectivity index (χ2n) is 9.66. The highest BCUT2D eigenvalue weighted by Gasteiger charge is 2.33. The van der Waals surface area contributed by atoms with E-state index in [1.165, 1.54) is 5.56 Å². The molecule has 0 aliphatic rings. The van der Waals surface area contributed by atoms with Crippen LogP contribution in [0.2, 0.25) is 0 Å². The van der Waals surface area contributed by atoms with Crippen molar-refractivity contribution in [2.75, 3.05) is 13.1 Å². The van der Waals surface area contributed by atoms with Crippen molar-refractivity contribution in [3.05, 3.63) is 101 Å². The smallest absolute Gasteiger partial charge is 0.254 e. The molecular formula is C30H35ClN4O. The molecule has 1 atom stereocenters. The number of imidazole rings is 1. The molecule has 2 N–H and O–H groups in total. The quantitative estimate of drug-likeness (QED) is 0.258. The Morgan fingerprint density at radius 3 is 2.39 bits per heavy atom. The van der Waals surface area contributed by atoms with E-state index < -0.39 is 0 Å². The zero-order chi connectivity index (χ0) is 25.7. The van der Waals surface area contributed by atoms with Gasteiger partial charge in [0, 0.05) is 24.5 Å². The van der Waals surface area contributed by atoms with E-state index in [0.29, 0.717) is 37.5 Å². The predicted molar refractivity (Wildman–Crippen MR) is 148 cm³/mol. The van der Waals surface area contributed by atoms with Crippen LogP contribution in [-0.4, -0.2) is 33.4 Å². The fraction of sp³-hybridized carbons (Fsp3) is 0.333. The van der Waals surface area contributed by atoms with E-state index in [-0.39, 0.29) is 17.9 Å². The summed E-state index contributed by atoms with van der Waals surface area (Å²) in [4.78, 5) is 21.1. The number of carbonyl (C=O) groups is 1. The van der Waals surface area contributed by atoms with Crippen molar-refractivity contribution >= 4 is 28.5 Å². The summed E-state index contributed by atoms with van der Waals surface area (Å²) in [7, 11) is 0. The fourth-order valence-electron chi connectivity index (χ4n) is 4.78. The molecule has 4 rings (SSSR count). The highest BCUT2D eigenvalue weighted by atomic mass is 35.5. The molecule has 6 heteroatoms. The third-order valence-electron chi connectivity index (χ3n) is 6.61. The number of benzene rings is 3. The molecule has 188 valence electrons. The third-order valence-corrected chi connectivity index (χ3v) is 6.90. The normalized spacial score (nSPS) is 12.3. The molecule has 4 aromatic rings. The van der Waals surface area contributed by atoms with Crippen molar-refractivity contribution in [2.45, 2.75) is 45.7 Å². The lowest BCUT2D eigenvalue weighted by Gasteiger charge is -2.34. The van der Waals surface area contributed by atoms with Gasteiger partial charge in [0.2, 0.25) is 0 Å². The van der Waals surface area contributed by atoms with Crippen molar-refractivity contribution in [1.82, 2.24) is 14.5 Å². The number of amides is 1. The molecule has 36 heavy (non-hydrogen) atoms. The van der Waals surface area contributed by atoms with Crippen molar-refractivity contribution in [1.29, 1.82) is 0 Å². The van der Waals surface area contributed by atoms with Crippen LogP contribution >= 0.6 is 11.6 Å². The molecule has 3 aromatic carbocycles. The first-order valence-electron chi connectivity index (χ1n) is 12.6. The molecule has 0 fully saturated rings. The monoisotopic (exact) mass is 502 g/mol. The number of para-hydroxylation sites is 1. The average molecular weight is 503 g/mol. The Morgan fingerprint density at radius 2 is 1.75 bits per heavy atom. The van der Waals surface area contributed by atoms with Gasteiger partial charge in [0.05, 0.1) is 17.1 Å². The lowest BCUT2D eigenvalue weighted by molar-refractivity contribution is 0.0605. The maximum atomic E-state index is 13.9. The van der Waals surface area contributed by atoms with E-state index in [2.05, 4.69) is 36.6 Å². The molecule has 1 aromatic heterocycles. The van der Waals surface area contributed by atoms with Crippen molar-refractivity contribution < 1.29 is 4.79 Å². The molecule has 0 aliphatic carbocycles. The summed E-state index contributed by atoms with van der Waals surface area (Å²) in [5.41, 5.74) is 11.8. The van der Waals surface area contributed by atoms with E-state index >= 15 is 0 Å². The predicted octanol–water partition coefficient (Wildman–Crippen LogP) is 6.32. The second kappa shape index (κ2) is 11.7. The average Bonchev–Trinajstić information content (AvgIpc) is 3.24. The number of aryl methyl sites for hydroxylation is 1. The van der Waals surface area contributed by atoms with Crippen LogP contribution in [0.25, 0.3) is 11.0 Å². The van der Waals surface area contributed by atoms with Gasteiger partial charge in [-0.2, -0.15) is 0 Å². The lowest BCUT2D eigenvalue weighted by Crippen LogP contribution is -2.40. The van der Waals surface area contributed by atoms with Crippen LogP contribution in [0, 0.1) is 12.8 Å². The largest absolute Gasteiger partial charge is 0.330 e. The Labute approximate surface area is 218 Å². The van der Waals surface area contributed by atoms with Crippen LogP contribution in [0.15, 0.2) is 72.8 Å². The van der Waals surface area contributed by atoms with Crippen LogP contribution in [-0.2, 0) is 12.4 Å². The molecular weight excluding hydrogens is 468 g/mol. The highest BCUT2D eigenvalue weighted by molar-refractivity contribution is 6.17. The SMILES string of the molecule is Cc1ccc(C(=O)N(CCCN)[C@@H](c2nc3c(CCl)cccc3n2Cc2ccccc2)C(C)C)cc1. The Balaban J connectivity index is 1.88. The number of carbonyl (C=O) groups excluding carboxylic acids is 1. The number of fused-ring (bicyclic) bond motifs is 1. The Kier molecular flexibility index (Phi) is 8.44. The molecule has 5 nitrogen and oxygen atoms in total. The number of hydrogen-bond donors (Lipinski definition) is 1. The van der Waals surface area contributed by atoms with Crippen LogP contribution in [0.4, 0.5) is 0 Å². The topological polar surface area (TPSA) is 64.2 Å². The zero-order valence-corrected chi connectivity index (χ0v) is 22.1. The summed E-state index contributed by atoms with van der Waals surface area (Å²) in [5, 5.41) is 0. The number of nitrogens with zero attached hydrogens (tertiary/aromatic N) is 3. The Morgan fingerprint density at radius 1 is 1.03 bits per heavy atom. The van der Waals surface area contributed by atoms with Crippen LogP contribution in [0.3, 0.4) is 0 Å². The molecule has 0 saturated carbocycles. The fourth-order valence-corrected chi connectivity index (χ4v) is 4.99. The lowest BCUT2D eigenvalue weighted by atomic mass is 9.99. The summed E-state index contributed by atoms with van der Waals surface area (Å²) >= 11 is 6.32. The van der Waals surface area contributed by atoms with Crippen molar-refractivity contribution in [3.63, 3.8) is 0 Å². The number of rotatable bonds is 10. The van der Waals surface area contributed by atoms with Gasteiger partial charge < -0.3 is 15.2 Å². The zero-order valence-electron chi connectivity index (χ0n) is 21.3. The first-order valence-corrected chi connectivity index (χ1v) is 13.1. The van der Waals surface area contributed by atoms with Gasteiger partial charge in [-0.3, -0.25) is 4.79 Å². The summed E-state index contributed by atoms with van der Waals surface area (Å²) in [6, 6.07) is 24.0. The number of aromatic nitrogens is 2. The molecule has 0 radical (unpaired) electrons. The molecule has 1 heterocycles. The molecule has 0 bridgehead atoms. The van der Waals surface area contributed by atoms with E-state index in [1.807, 2.05) is 66.4 Å². The highest BCUT2D eigenvalue weighted by Crippen LogP contribution is 2.34. The maximum absolute atomic E-state index is 13.9. The van der Waals surface area contributed by atoms with Gasteiger partial charge in [-0.25, -0.2) is 4.98 Å². The molecule has 1 amide bonds. The van der Waals surface area contributed by atoms with Gasteiger partial charge in [0.1, 0.15) is 5.82 Å². The molecule has 0 unspecified atom stereocenters. The van der Waals surface area contributed by atoms with Crippen molar-refractivity contribution in [2.24, 2.45) is 11.7 Å². The van der Waals surface area contributed by atoms with Gasteiger partial charge >= 0.3 is 0 Å². The summed E-state index contributed by atoms with van der Waals surface area (Å²) < 4.78 is 2.25. The summed E-state index contributed by atoms with van der Waals surface area (Å²) in [6.45, 7) is 8.06. The number of alkyl halides is 1. The van der Waals surface area contributed by atoms with Crippen LogP contribution in [0.5, 0.6) is 0 Å². The summed E-state index contributed by atoms with van der Waals surface area (Å²) in [5.74, 6) is 1.38. The Bertz CT molecular complexity index is 1300. The maximum Gasteiger partial charge on any atom is 0.254 e. The first kappa shape index (κ1) is 25.9. The van der Waals surface area contributed by atoms with Crippen LogP contribution in [0.1, 0.15) is 59.2 Å². The Hall–Kier alpha value is -3.15. The van der Waals surface area contributed by atoms with Gasteiger partial charge in [-0.15, -0.1) is 11.6 Å². The molecule has 0 aliphatic heterocycles. The second-order valence-corrected chi connectivity index (χ2v) is 9.92. The van der Waals surface area contributed by atoms with Gasteiger partial charge in [0.15, 0.2) is 0 Å². The standard InChI is InChI=1S/C30H35ClN4O/c1-21(2)28(34(18-8-17-32)30(36)24-15-13-22(3)14-16-24)29-33-27-25(19-31)11-7-12-26(27)35(29)20-23-9-5-4-6-10-23/h4-7,9-16,21,28H,8,17-20,32H2,1-3H3/t28-/m1/s1. The van der Waals surface area contributed by atoms with E-state index in [1.54, 1.807) is 0 Å². The third kappa shape index (κ3) is 5.48. The summed E-state index contributed by atoms with van der Waals surface area (Å²) in [6.07, 6.45) is 0.715. The first-order chi connectivity index (χ1) is 17.4. The van der Waals surface area contributed by atoms with E-state index in [4.69, 9.17) is 22.3 Å². The number of halogens is 1. The van der Waals surface area contributed by atoms with E-state index in [9.17, 15) is 4.79 Å². The van der Waals surface area contributed by atoms with Crippen molar-refractivity contribution in [3.8, 4) is 0 Å². The molecule has 0 spiro atoms. The van der Waals surface area contributed by atoms with Gasteiger partial charge in [-0.1, -0.05) is 74.0 Å². The minimum atomic E-state index is -0.232. The van der Waals surface area contributed by atoms with E-state index in [0.717, 1.165) is 28.0 Å². The van der Waals surface area contributed by atoms with Gasteiger partial charge in [0.25, 0.3) is 5.91 Å². The number of hydrogen-bond acceptors (Lipinski definition) is 3. The minimum Gasteiger partial charge on any atom is -0.330 e. The van der Waals surface area contributed by atoms with Gasteiger partial charge in [-0.05, 0) is 55.1 Å².